The first-order valence-corrected chi connectivity index (χ1v) is 9.30. The molecule has 2 amide bonds. The Bertz CT molecular complexity index is 1020. The summed E-state index contributed by atoms with van der Waals surface area (Å²) in [5.74, 6) is -0.244. The quantitative estimate of drug-likeness (QED) is 0.760. The monoisotopic (exact) mass is 380 g/mol. The van der Waals surface area contributed by atoms with Gasteiger partial charge in [-0.05, 0) is 49.2 Å². The molecular weight excluding hydrogens is 359 g/mol. The van der Waals surface area contributed by atoms with Crippen LogP contribution in [0, 0.1) is 0 Å². The van der Waals surface area contributed by atoms with Crippen LogP contribution in [0.25, 0.3) is 16.7 Å². The molecular formula is C21H21FN4O2. The predicted molar refractivity (Wildman–Crippen MR) is 104 cm³/mol. The van der Waals surface area contributed by atoms with Gasteiger partial charge in [-0.3, -0.25) is 9.59 Å². The maximum atomic E-state index is 13.3. The van der Waals surface area contributed by atoms with Crippen LogP contribution in [-0.4, -0.2) is 52.6 Å². The number of carbonyl (C=O) groups is 2. The molecule has 0 unspecified atom stereocenters. The standard InChI is InChI=1S/C21H21FN4O2/c1-23-20(27)14-2-4-18(5-3-14)26-11-6-15-12-16(13-24-19(15)26)21(28)25-9-7-17(22)8-10-25/h2-6,11-13,17H,7-10H2,1H3,(H,23,27). The Hall–Kier alpha value is -3.22. The Morgan fingerprint density at radius 1 is 1.11 bits per heavy atom. The molecule has 28 heavy (non-hydrogen) atoms. The van der Waals surface area contributed by atoms with Crippen molar-refractivity contribution in [2.75, 3.05) is 20.1 Å². The zero-order valence-corrected chi connectivity index (χ0v) is 15.6. The highest BCUT2D eigenvalue weighted by molar-refractivity contribution is 5.97. The van der Waals surface area contributed by atoms with Crippen LogP contribution in [0.15, 0.2) is 48.8 Å². The lowest BCUT2D eigenvalue weighted by molar-refractivity contribution is 0.0666. The minimum Gasteiger partial charge on any atom is -0.355 e. The average Bonchev–Trinajstić information content (AvgIpc) is 3.16. The van der Waals surface area contributed by atoms with Crippen LogP contribution in [0.3, 0.4) is 0 Å². The minimum absolute atomic E-state index is 0.107. The van der Waals surface area contributed by atoms with Gasteiger partial charge in [-0.1, -0.05) is 0 Å². The van der Waals surface area contributed by atoms with Crippen molar-refractivity contribution in [3.8, 4) is 5.69 Å². The fourth-order valence-corrected chi connectivity index (χ4v) is 3.50. The van der Waals surface area contributed by atoms with Gasteiger partial charge >= 0.3 is 0 Å². The summed E-state index contributed by atoms with van der Waals surface area (Å²) in [6.07, 6.45) is 3.43. The van der Waals surface area contributed by atoms with Crippen LogP contribution >= 0.6 is 0 Å². The predicted octanol–water partition coefficient (Wildman–Crippen LogP) is 2.96. The van der Waals surface area contributed by atoms with E-state index in [-0.39, 0.29) is 11.8 Å². The van der Waals surface area contributed by atoms with E-state index < -0.39 is 6.17 Å². The molecule has 144 valence electrons. The van der Waals surface area contributed by atoms with E-state index in [1.54, 1.807) is 30.3 Å². The van der Waals surface area contributed by atoms with Crippen molar-refractivity contribution < 1.29 is 14.0 Å². The van der Waals surface area contributed by atoms with Gasteiger partial charge in [-0.25, -0.2) is 9.37 Å². The molecule has 6 nitrogen and oxygen atoms in total. The largest absolute Gasteiger partial charge is 0.355 e. The molecule has 7 heteroatoms. The second-order valence-corrected chi connectivity index (χ2v) is 6.92. The van der Waals surface area contributed by atoms with E-state index in [0.29, 0.717) is 37.1 Å². The lowest BCUT2D eigenvalue weighted by Crippen LogP contribution is -2.39. The summed E-state index contributed by atoms with van der Waals surface area (Å²) >= 11 is 0. The van der Waals surface area contributed by atoms with Crippen molar-refractivity contribution in [2.24, 2.45) is 0 Å². The molecule has 2 aromatic heterocycles. The summed E-state index contributed by atoms with van der Waals surface area (Å²) in [6, 6.07) is 10.9. The van der Waals surface area contributed by atoms with Crippen molar-refractivity contribution in [3.63, 3.8) is 0 Å². The summed E-state index contributed by atoms with van der Waals surface area (Å²) in [7, 11) is 1.60. The summed E-state index contributed by atoms with van der Waals surface area (Å²) in [5, 5.41) is 3.45. The topological polar surface area (TPSA) is 67.2 Å². The highest BCUT2D eigenvalue weighted by Gasteiger charge is 2.23. The van der Waals surface area contributed by atoms with Crippen LogP contribution in [0.2, 0.25) is 0 Å². The number of nitrogens with one attached hydrogen (secondary N) is 1. The number of pyridine rings is 1. The van der Waals surface area contributed by atoms with Crippen LogP contribution in [0.1, 0.15) is 33.6 Å². The molecule has 1 saturated heterocycles. The molecule has 0 atom stereocenters. The number of piperidine rings is 1. The van der Waals surface area contributed by atoms with Gasteiger partial charge in [-0.2, -0.15) is 0 Å². The third-order valence-corrected chi connectivity index (χ3v) is 5.12. The van der Waals surface area contributed by atoms with E-state index in [2.05, 4.69) is 10.3 Å². The van der Waals surface area contributed by atoms with E-state index in [1.807, 2.05) is 35.0 Å². The number of hydrogen-bond acceptors (Lipinski definition) is 3. The van der Waals surface area contributed by atoms with E-state index in [1.165, 1.54) is 0 Å². The number of likely N-dealkylation sites (tertiary alicyclic amines) is 1. The van der Waals surface area contributed by atoms with Crippen molar-refractivity contribution in [1.29, 1.82) is 0 Å². The SMILES string of the molecule is CNC(=O)c1ccc(-n2ccc3cc(C(=O)N4CCC(F)CC4)cnc32)cc1. The molecule has 3 aromatic rings. The van der Waals surface area contributed by atoms with Gasteiger partial charge in [0.05, 0.1) is 5.56 Å². The number of rotatable bonds is 3. The fourth-order valence-electron chi connectivity index (χ4n) is 3.50. The molecule has 1 aromatic carbocycles. The van der Waals surface area contributed by atoms with Crippen molar-refractivity contribution >= 4 is 22.8 Å². The van der Waals surface area contributed by atoms with Crippen LogP contribution < -0.4 is 5.32 Å². The van der Waals surface area contributed by atoms with Gasteiger partial charge in [-0.15, -0.1) is 0 Å². The van der Waals surface area contributed by atoms with Gasteiger partial charge in [0.15, 0.2) is 0 Å². The van der Waals surface area contributed by atoms with Gasteiger partial charge < -0.3 is 14.8 Å². The number of alkyl halides is 1. The first kappa shape index (κ1) is 18.2. The lowest BCUT2D eigenvalue weighted by atomic mass is 10.1. The number of amides is 2. The molecule has 1 aliphatic heterocycles. The Morgan fingerprint density at radius 3 is 2.50 bits per heavy atom. The van der Waals surface area contributed by atoms with E-state index in [9.17, 15) is 14.0 Å². The highest BCUT2D eigenvalue weighted by atomic mass is 19.1. The molecule has 0 saturated carbocycles. The van der Waals surface area contributed by atoms with Crippen molar-refractivity contribution in [3.05, 3.63) is 59.9 Å². The Balaban J connectivity index is 1.59. The second kappa shape index (κ2) is 7.42. The second-order valence-electron chi connectivity index (χ2n) is 6.92. The van der Waals surface area contributed by atoms with E-state index in [0.717, 1.165) is 16.7 Å². The molecule has 1 fully saturated rings. The molecule has 1 aliphatic rings. The molecule has 4 rings (SSSR count). The number of hydrogen-bond donors (Lipinski definition) is 1. The van der Waals surface area contributed by atoms with E-state index >= 15 is 0 Å². The third kappa shape index (κ3) is 3.35. The fraction of sp³-hybridized carbons (Fsp3) is 0.286. The smallest absolute Gasteiger partial charge is 0.255 e. The number of halogens is 1. The Kier molecular flexibility index (Phi) is 4.81. The lowest BCUT2D eigenvalue weighted by Gasteiger charge is -2.28. The molecule has 0 bridgehead atoms. The first-order chi connectivity index (χ1) is 13.6. The minimum atomic E-state index is -0.812. The molecule has 0 radical (unpaired) electrons. The molecule has 1 N–H and O–H groups in total. The number of aromatic nitrogens is 2. The average molecular weight is 380 g/mol. The molecule has 0 aliphatic carbocycles. The molecule has 0 spiro atoms. The maximum Gasteiger partial charge on any atom is 0.255 e. The van der Waals surface area contributed by atoms with Crippen molar-refractivity contribution in [1.82, 2.24) is 19.8 Å². The Morgan fingerprint density at radius 2 is 1.82 bits per heavy atom. The van der Waals surface area contributed by atoms with Crippen molar-refractivity contribution in [2.45, 2.75) is 19.0 Å². The normalized spacial score (nSPS) is 15.0. The highest BCUT2D eigenvalue weighted by Crippen LogP contribution is 2.22. The zero-order chi connectivity index (χ0) is 19.7. The van der Waals surface area contributed by atoms with Gasteiger partial charge in [0, 0.05) is 49.2 Å². The summed E-state index contributed by atoms with van der Waals surface area (Å²) in [4.78, 5) is 30.5. The first-order valence-electron chi connectivity index (χ1n) is 9.30. The molecule has 3 heterocycles. The van der Waals surface area contributed by atoms with Gasteiger partial charge in [0.1, 0.15) is 11.8 Å². The number of benzene rings is 1. The number of fused-ring (bicyclic) bond motifs is 1. The summed E-state index contributed by atoms with van der Waals surface area (Å²) in [5.41, 5.74) is 2.70. The van der Waals surface area contributed by atoms with Gasteiger partial charge in [0.2, 0.25) is 0 Å². The van der Waals surface area contributed by atoms with Gasteiger partial charge in [0.25, 0.3) is 11.8 Å². The van der Waals surface area contributed by atoms with Crippen LogP contribution in [0.4, 0.5) is 4.39 Å². The third-order valence-electron chi connectivity index (χ3n) is 5.12. The number of carbonyl (C=O) groups excluding carboxylic acids is 2. The summed E-state index contributed by atoms with van der Waals surface area (Å²) in [6.45, 7) is 0.882. The van der Waals surface area contributed by atoms with E-state index in [4.69, 9.17) is 0 Å². The maximum absolute atomic E-state index is 13.3. The zero-order valence-electron chi connectivity index (χ0n) is 15.6. The number of nitrogens with zero attached hydrogens (tertiary/aromatic N) is 3. The van der Waals surface area contributed by atoms with Crippen LogP contribution in [0.5, 0.6) is 0 Å². The Labute approximate surface area is 162 Å². The summed E-state index contributed by atoms with van der Waals surface area (Å²) < 4.78 is 15.2. The van der Waals surface area contributed by atoms with Crippen LogP contribution in [-0.2, 0) is 0 Å².